The summed E-state index contributed by atoms with van der Waals surface area (Å²) in [6, 6.07) is 10.3. The topological polar surface area (TPSA) is 58.3 Å². The van der Waals surface area contributed by atoms with E-state index < -0.39 is 0 Å². The van der Waals surface area contributed by atoms with Gasteiger partial charge in [0.05, 0.1) is 10.0 Å². The van der Waals surface area contributed by atoms with Crippen molar-refractivity contribution in [3.63, 3.8) is 0 Å². The number of benzene rings is 1. The molecule has 1 N–H and O–H groups in total. The normalized spacial score (nSPS) is 18.6. The first-order chi connectivity index (χ1) is 13.7. The number of anilines is 1. The SMILES string of the molecule is Clc1ccc(CN2CCC(Nc3ccc4nnc(C5CC5)n4n3)CC2)cc1Cl. The van der Waals surface area contributed by atoms with Crippen molar-refractivity contribution in [2.45, 2.75) is 44.2 Å². The number of likely N-dealkylation sites (tertiary alicyclic amines) is 1. The number of fused-ring (bicyclic) bond motifs is 1. The van der Waals surface area contributed by atoms with Crippen LogP contribution in [0.5, 0.6) is 0 Å². The average Bonchev–Trinajstić information content (AvgIpc) is 3.46. The maximum Gasteiger partial charge on any atom is 0.178 e. The predicted molar refractivity (Wildman–Crippen MR) is 111 cm³/mol. The minimum absolute atomic E-state index is 0.427. The van der Waals surface area contributed by atoms with E-state index in [4.69, 9.17) is 28.3 Å². The number of nitrogens with zero attached hydrogens (tertiary/aromatic N) is 5. The predicted octanol–water partition coefficient (Wildman–Crippen LogP) is 4.39. The van der Waals surface area contributed by atoms with Crippen LogP contribution in [0.4, 0.5) is 5.82 Å². The molecule has 3 heterocycles. The van der Waals surface area contributed by atoms with Crippen LogP contribution < -0.4 is 5.32 Å². The molecule has 1 saturated carbocycles. The number of halogens is 2. The zero-order chi connectivity index (χ0) is 19.1. The first-order valence-electron chi connectivity index (χ1n) is 9.81. The van der Waals surface area contributed by atoms with Crippen LogP contribution in [0.15, 0.2) is 30.3 Å². The van der Waals surface area contributed by atoms with Gasteiger partial charge in [0.1, 0.15) is 5.82 Å². The first-order valence-corrected chi connectivity index (χ1v) is 10.6. The maximum atomic E-state index is 6.13. The number of nitrogens with one attached hydrogen (secondary N) is 1. The van der Waals surface area contributed by atoms with Crippen molar-refractivity contribution in [3.8, 4) is 0 Å². The average molecular weight is 417 g/mol. The largest absolute Gasteiger partial charge is 0.366 e. The molecule has 1 aromatic carbocycles. The zero-order valence-electron chi connectivity index (χ0n) is 15.5. The van der Waals surface area contributed by atoms with Crippen LogP contribution in [-0.2, 0) is 6.54 Å². The summed E-state index contributed by atoms with van der Waals surface area (Å²) in [6.07, 6.45) is 4.55. The lowest BCUT2D eigenvalue weighted by Gasteiger charge is -2.32. The first kappa shape index (κ1) is 18.2. The molecule has 0 radical (unpaired) electrons. The minimum atomic E-state index is 0.427. The van der Waals surface area contributed by atoms with Crippen LogP contribution in [0.25, 0.3) is 5.65 Å². The lowest BCUT2D eigenvalue weighted by molar-refractivity contribution is 0.211. The third-order valence-corrected chi connectivity index (χ3v) is 6.30. The van der Waals surface area contributed by atoms with Crippen LogP contribution >= 0.6 is 23.2 Å². The molecule has 28 heavy (non-hydrogen) atoms. The molecule has 1 aliphatic heterocycles. The van der Waals surface area contributed by atoms with Gasteiger partial charge in [0.15, 0.2) is 11.5 Å². The van der Waals surface area contributed by atoms with Crippen LogP contribution in [0.1, 0.15) is 43.0 Å². The fourth-order valence-corrected chi connectivity index (χ4v) is 4.14. The number of piperidine rings is 1. The highest BCUT2D eigenvalue weighted by molar-refractivity contribution is 6.42. The van der Waals surface area contributed by atoms with Crippen molar-refractivity contribution < 1.29 is 0 Å². The standard InChI is InChI=1S/C20H22Cl2N6/c21-16-4-1-13(11-17(16)22)12-27-9-7-15(8-10-27)23-18-5-6-19-24-25-20(14-2-3-14)28(19)26-18/h1,4-6,11,14-15H,2-3,7-10,12H2,(H,23,26). The Morgan fingerprint density at radius 3 is 2.54 bits per heavy atom. The van der Waals surface area contributed by atoms with E-state index in [9.17, 15) is 0 Å². The molecule has 0 atom stereocenters. The monoisotopic (exact) mass is 416 g/mol. The third-order valence-electron chi connectivity index (χ3n) is 5.56. The molecule has 3 aromatic rings. The Balaban J connectivity index is 1.19. The number of aromatic nitrogens is 4. The van der Waals surface area contributed by atoms with Gasteiger partial charge in [-0.3, -0.25) is 4.90 Å². The molecule has 5 rings (SSSR count). The van der Waals surface area contributed by atoms with Gasteiger partial charge in [0.25, 0.3) is 0 Å². The third kappa shape index (κ3) is 3.81. The van der Waals surface area contributed by atoms with Crippen LogP contribution in [0.2, 0.25) is 10.0 Å². The van der Waals surface area contributed by atoms with Crippen molar-refractivity contribution >= 4 is 34.7 Å². The number of hydrogen-bond acceptors (Lipinski definition) is 5. The summed E-state index contributed by atoms with van der Waals surface area (Å²) in [5.41, 5.74) is 2.03. The summed E-state index contributed by atoms with van der Waals surface area (Å²) in [7, 11) is 0. The van der Waals surface area contributed by atoms with E-state index in [1.165, 1.54) is 18.4 Å². The summed E-state index contributed by atoms with van der Waals surface area (Å²) in [5.74, 6) is 2.43. The fourth-order valence-electron chi connectivity index (χ4n) is 3.82. The molecule has 0 bridgehead atoms. The minimum Gasteiger partial charge on any atom is -0.366 e. The van der Waals surface area contributed by atoms with Gasteiger partial charge in [-0.25, -0.2) is 0 Å². The summed E-state index contributed by atoms with van der Waals surface area (Å²) in [5, 5.41) is 18.1. The molecule has 146 valence electrons. The highest BCUT2D eigenvalue weighted by Crippen LogP contribution is 2.38. The smallest absolute Gasteiger partial charge is 0.178 e. The van der Waals surface area contributed by atoms with Gasteiger partial charge in [-0.1, -0.05) is 29.3 Å². The van der Waals surface area contributed by atoms with Crippen molar-refractivity contribution in [3.05, 3.63) is 51.8 Å². The van der Waals surface area contributed by atoms with Gasteiger partial charge < -0.3 is 5.32 Å². The molecular weight excluding hydrogens is 395 g/mol. The van der Waals surface area contributed by atoms with Crippen molar-refractivity contribution in [2.24, 2.45) is 0 Å². The van der Waals surface area contributed by atoms with Crippen LogP contribution in [-0.4, -0.2) is 43.8 Å². The Labute approximate surface area is 173 Å². The molecule has 2 aliphatic rings. The van der Waals surface area contributed by atoms with E-state index in [-0.39, 0.29) is 0 Å². The second-order valence-electron chi connectivity index (χ2n) is 7.76. The van der Waals surface area contributed by atoms with Gasteiger partial charge in [0.2, 0.25) is 0 Å². The molecule has 2 fully saturated rings. The van der Waals surface area contributed by atoms with Gasteiger partial charge >= 0.3 is 0 Å². The Morgan fingerprint density at radius 1 is 0.964 bits per heavy atom. The Kier molecular flexibility index (Phi) is 4.87. The summed E-state index contributed by atoms with van der Waals surface area (Å²) < 4.78 is 1.90. The van der Waals surface area contributed by atoms with Crippen LogP contribution in [0, 0.1) is 0 Å². The molecule has 0 unspecified atom stereocenters. The highest BCUT2D eigenvalue weighted by Gasteiger charge is 2.29. The maximum absolute atomic E-state index is 6.13. The van der Waals surface area contributed by atoms with Crippen molar-refractivity contribution in [2.75, 3.05) is 18.4 Å². The molecule has 0 spiro atoms. The van der Waals surface area contributed by atoms with E-state index in [0.29, 0.717) is 22.0 Å². The molecule has 0 amide bonds. The fraction of sp³-hybridized carbons (Fsp3) is 0.450. The Hall–Kier alpha value is -1.89. The lowest BCUT2D eigenvalue weighted by Crippen LogP contribution is -2.38. The highest BCUT2D eigenvalue weighted by atomic mass is 35.5. The second-order valence-corrected chi connectivity index (χ2v) is 8.58. The summed E-state index contributed by atoms with van der Waals surface area (Å²) >= 11 is 12.1. The molecule has 1 saturated heterocycles. The number of hydrogen-bond donors (Lipinski definition) is 1. The molecule has 8 heteroatoms. The van der Waals surface area contributed by atoms with E-state index in [2.05, 4.69) is 20.4 Å². The molecule has 6 nitrogen and oxygen atoms in total. The van der Waals surface area contributed by atoms with Crippen LogP contribution in [0.3, 0.4) is 0 Å². The second kappa shape index (κ2) is 7.50. The quantitative estimate of drug-likeness (QED) is 0.668. The van der Waals surface area contributed by atoms with Crippen molar-refractivity contribution in [1.29, 1.82) is 0 Å². The van der Waals surface area contributed by atoms with Gasteiger partial charge in [-0.05, 0) is 55.5 Å². The van der Waals surface area contributed by atoms with Gasteiger partial charge in [-0.15, -0.1) is 15.3 Å². The summed E-state index contributed by atoms with van der Waals surface area (Å²) in [6.45, 7) is 2.99. The zero-order valence-corrected chi connectivity index (χ0v) is 17.0. The van der Waals surface area contributed by atoms with E-state index in [1.807, 2.05) is 34.8 Å². The lowest BCUT2D eigenvalue weighted by atomic mass is 10.0. The molecule has 2 aromatic heterocycles. The van der Waals surface area contributed by atoms with E-state index >= 15 is 0 Å². The van der Waals surface area contributed by atoms with Crippen molar-refractivity contribution in [1.82, 2.24) is 24.7 Å². The Morgan fingerprint density at radius 2 is 1.79 bits per heavy atom. The summed E-state index contributed by atoms with van der Waals surface area (Å²) in [4.78, 5) is 2.46. The van der Waals surface area contributed by atoms with Gasteiger partial charge in [0, 0.05) is 31.6 Å². The van der Waals surface area contributed by atoms with Gasteiger partial charge in [-0.2, -0.15) is 4.52 Å². The Bertz CT molecular complexity index is 992. The molecule has 1 aliphatic carbocycles. The number of rotatable bonds is 5. The van der Waals surface area contributed by atoms with E-state index in [0.717, 1.165) is 49.8 Å². The molecular formula is C20H22Cl2N6. The van der Waals surface area contributed by atoms with E-state index in [1.54, 1.807) is 0 Å².